The number of nitrogens with two attached hydrogens (primary N) is 1. The Morgan fingerprint density at radius 2 is 2.17 bits per heavy atom. The van der Waals surface area contributed by atoms with Gasteiger partial charge in [0.05, 0.1) is 26.0 Å². The topological polar surface area (TPSA) is 49.8 Å². The average Bonchev–Trinajstić information content (AvgIpc) is 2.27. The lowest BCUT2D eigenvalue weighted by Gasteiger charge is -2.34. The lowest BCUT2D eigenvalue weighted by Crippen LogP contribution is -2.22. The van der Waals surface area contributed by atoms with Crippen LogP contribution < -0.4 is 5.73 Å². The van der Waals surface area contributed by atoms with Gasteiger partial charge in [0.25, 0.3) is 0 Å². The van der Waals surface area contributed by atoms with Crippen LogP contribution in [0.15, 0.2) is 34.9 Å². The maximum atomic E-state index is 13.3. The predicted molar refractivity (Wildman–Crippen MR) is 75.2 cm³/mol. The summed E-state index contributed by atoms with van der Waals surface area (Å²) in [5.41, 5.74) is 7.25. The molecule has 1 aliphatic heterocycles. The van der Waals surface area contributed by atoms with Gasteiger partial charge in [0, 0.05) is 0 Å². The van der Waals surface area contributed by atoms with Crippen molar-refractivity contribution < 1.29 is 4.39 Å². The Kier molecular flexibility index (Phi) is 3.60. The molecular weight excluding hydrogens is 267 g/mol. The Balaban J connectivity index is 2.48. The summed E-state index contributed by atoms with van der Waals surface area (Å²) in [6.07, 6.45) is 0. The minimum Gasteiger partial charge on any atom is -0.393 e. The molecule has 0 aromatic heterocycles. The zero-order valence-corrected chi connectivity index (χ0v) is 11.7. The third kappa shape index (κ3) is 2.65. The van der Waals surface area contributed by atoms with Crippen LogP contribution in [-0.2, 0) is 0 Å². The van der Waals surface area contributed by atoms with Gasteiger partial charge >= 0.3 is 0 Å². The van der Waals surface area contributed by atoms with Crippen molar-refractivity contribution in [1.82, 2.24) is 0 Å². The maximum absolute atomic E-state index is 13.3. The average molecular weight is 280 g/mol. The SMILES string of the molecule is CC1(C)SC(N)=C(C#N)C(c2cccc(F)c2)S1. The zero-order chi connectivity index (χ0) is 13.3. The van der Waals surface area contributed by atoms with Crippen LogP contribution in [0.25, 0.3) is 0 Å². The number of benzene rings is 1. The van der Waals surface area contributed by atoms with E-state index >= 15 is 0 Å². The van der Waals surface area contributed by atoms with Gasteiger partial charge in [-0.15, -0.1) is 11.8 Å². The van der Waals surface area contributed by atoms with Crippen LogP contribution in [0.5, 0.6) is 0 Å². The molecule has 0 fully saturated rings. The van der Waals surface area contributed by atoms with E-state index in [1.165, 1.54) is 23.9 Å². The second-order valence-corrected chi connectivity index (χ2v) is 8.10. The van der Waals surface area contributed by atoms with Crippen LogP contribution in [0.3, 0.4) is 0 Å². The minimum atomic E-state index is -0.292. The first kappa shape index (κ1) is 13.3. The Labute approximate surface area is 114 Å². The largest absolute Gasteiger partial charge is 0.393 e. The van der Waals surface area contributed by atoms with Crippen LogP contribution >= 0.6 is 23.5 Å². The molecule has 0 aliphatic carbocycles. The van der Waals surface area contributed by atoms with E-state index < -0.39 is 0 Å². The van der Waals surface area contributed by atoms with Gasteiger partial charge in [0.15, 0.2) is 0 Å². The highest BCUT2D eigenvalue weighted by Crippen LogP contribution is 2.55. The van der Waals surface area contributed by atoms with Gasteiger partial charge in [-0.3, -0.25) is 0 Å². The van der Waals surface area contributed by atoms with Gasteiger partial charge in [0.1, 0.15) is 5.82 Å². The third-order valence-corrected chi connectivity index (χ3v) is 5.34. The highest BCUT2D eigenvalue weighted by Gasteiger charge is 2.35. The summed E-state index contributed by atoms with van der Waals surface area (Å²) < 4.78 is 13.2. The zero-order valence-electron chi connectivity index (χ0n) is 10.1. The molecule has 0 saturated heterocycles. The highest BCUT2D eigenvalue weighted by atomic mass is 32.2. The Morgan fingerprint density at radius 3 is 2.78 bits per heavy atom. The third-order valence-electron chi connectivity index (χ3n) is 2.56. The van der Waals surface area contributed by atoms with Crippen molar-refractivity contribution in [3.8, 4) is 6.07 Å². The first-order chi connectivity index (χ1) is 8.43. The van der Waals surface area contributed by atoms with E-state index in [0.29, 0.717) is 10.6 Å². The van der Waals surface area contributed by atoms with E-state index in [4.69, 9.17) is 5.73 Å². The first-order valence-electron chi connectivity index (χ1n) is 5.45. The van der Waals surface area contributed by atoms with Crippen LogP contribution in [0, 0.1) is 17.1 Å². The van der Waals surface area contributed by atoms with E-state index in [9.17, 15) is 9.65 Å². The number of nitriles is 1. The smallest absolute Gasteiger partial charge is 0.123 e. The molecule has 1 unspecified atom stereocenters. The van der Waals surface area contributed by atoms with Crippen LogP contribution in [-0.4, -0.2) is 4.08 Å². The van der Waals surface area contributed by atoms with Crippen LogP contribution in [0.2, 0.25) is 0 Å². The number of halogens is 1. The van der Waals surface area contributed by atoms with Crippen LogP contribution in [0.1, 0.15) is 24.7 Å². The number of thioether (sulfide) groups is 2. The Bertz CT molecular complexity index is 546. The molecule has 2 nitrogen and oxygen atoms in total. The van der Waals surface area contributed by atoms with Gasteiger partial charge in [-0.25, -0.2) is 4.39 Å². The maximum Gasteiger partial charge on any atom is 0.123 e. The van der Waals surface area contributed by atoms with E-state index in [0.717, 1.165) is 5.56 Å². The lowest BCUT2D eigenvalue weighted by atomic mass is 10.1. The second-order valence-electron chi connectivity index (χ2n) is 4.44. The summed E-state index contributed by atoms with van der Waals surface area (Å²) in [5.74, 6) is -0.292. The van der Waals surface area contributed by atoms with E-state index in [1.807, 2.05) is 6.07 Å². The summed E-state index contributed by atoms with van der Waals surface area (Å²) in [4.78, 5) is 0. The summed E-state index contributed by atoms with van der Waals surface area (Å²) in [5, 5.41) is 9.57. The molecule has 5 heteroatoms. The summed E-state index contributed by atoms with van der Waals surface area (Å²) in [6, 6.07) is 8.50. The molecule has 0 saturated carbocycles. The van der Waals surface area contributed by atoms with Crippen molar-refractivity contribution in [3.63, 3.8) is 0 Å². The highest BCUT2D eigenvalue weighted by molar-refractivity contribution is 8.20. The standard InChI is InChI=1S/C13H13FN2S2/c1-13(2)17-11(10(7-15)12(16)18-13)8-4-3-5-9(14)6-8/h3-6,11H,16H2,1-2H3. The predicted octanol–water partition coefficient (Wildman–Crippen LogP) is 3.78. The molecule has 0 spiro atoms. The molecule has 1 aromatic carbocycles. The minimum absolute atomic E-state index is 0.124. The van der Waals surface area contributed by atoms with Crippen molar-refractivity contribution >= 4 is 23.5 Å². The molecule has 0 bridgehead atoms. The molecule has 1 heterocycles. The van der Waals surface area contributed by atoms with Crippen molar-refractivity contribution in [2.75, 3.05) is 0 Å². The molecule has 18 heavy (non-hydrogen) atoms. The van der Waals surface area contributed by atoms with E-state index in [-0.39, 0.29) is 15.1 Å². The van der Waals surface area contributed by atoms with E-state index in [1.54, 1.807) is 17.8 Å². The first-order valence-corrected chi connectivity index (χ1v) is 7.14. The van der Waals surface area contributed by atoms with Crippen molar-refractivity contribution in [3.05, 3.63) is 46.2 Å². The number of hydrogen-bond acceptors (Lipinski definition) is 4. The fourth-order valence-electron chi connectivity index (χ4n) is 1.83. The normalized spacial score (nSPS) is 22.7. The quantitative estimate of drug-likeness (QED) is 0.850. The van der Waals surface area contributed by atoms with Gasteiger partial charge in [-0.2, -0.15) is 5.26 Å². The Morgan fingerprint density at radius 1 is 1.44 bits per heavy atom. The van der Waals surface area contributed by atoms with Gasteiger partial charge < -0.3 is 5.73 Å². The molecule has 1 aromatic rings. The number of hydrogen-bond donors (Lipinski definition) is 1. The lowest BCUT2D eigenvalue weighted by molar-refractivity contribution is 0.626. The molecule has 0 radical (unpaired) electrons. The molecular formula is C13H13FN2S2. The van der Waals surface area contributed by atoms with E-state index in [2.05, 4.69) is 19.9 Å². The summed E-state index contributed by atoms with van der Waals surface area (Å²) in [6.45, 7) is 4.10. The molecule has 94 valence electrons. The fourth-order valence-corrected chi connectivity index (χ4v) is 4.61. The summed E-state index contributed by atoms with van der Waals surface area (Å²) in [7, 11) is 0. The van der Waals surface area contributed by atoms with Crippen molar-refractivity contribution in [2.45, 2.75) is 23.2 Å². The molecule has 1 atom stereocenters. The molecule has 1 aliphatic rings. The molecule has 2 rings (SSSR count). The number of nitrogens with zero attached hydrogens (tertiary/aromatic N) is 1. The van der Waals surface area contributed by atoms with Crippen LogP contribution in [0.4, 0.5) is 4.39 Å². The molecule has 0 amide bonds. The summed E-state index contributed by atoms with van der Waals surface area (Å²) >= 11 is 3.11. The monoisotopic (exact) mass is 280 g/mol. The van der Waals surface area contributed by atoms with Gasteiger partial charge in [-0.05, 0) is 31.5 Å². The second kappa shape index (κ2) is 4.87. The number of rotatable bonds is 1. The van der Waals surface area contributed by atoms with Crippen molar-refractivity contribution in [1.29, 1.82) is 5.26 Å². The van der Waals surface area contributed by atoms with Gasteiger partial charge in [0.2, 0.25) is 0 Å². The fraction of sp³-hybridized carbons (Fsp3) is 0.308. The molecule has 2 N–H and O–H groups in total. The Hall–Kier alpha value is -1.12. The van der Waals surface area contributed by atoms with Crippen molar-refractivity contribution in [2.24, 2.45) is 5.73 Å². The van der Waals surface area contributed by atoms with Gasteiger partial charge in [-0.1, -0.05) is 23.9 Å².